The van der Waals surface area contributed by atoms with Crippen LogP contribution in [0.4, 0.5) is 5.69 Å². The Bertz CT molecular complexity index is 1140. The van der Waals surface area contributed by atoms with Crippen LogP contribution in [0.3, 0.4) is 0 Å². The largest absolute Gasteiger partial charge is 0.455 e. The van der Waals surface area contributed by atoms with Crippen molar-refractivity contribution in [3.8, 4) is 0 Å². The highest BCUT2D eigenvalue weighted by Gasteiger charge is 2.25. The summed E-state index contributed by atoms with van der Waals surface area (Å²) < 4.78 is 18.3. The normalized spacial score (nSPS) is 15.1. The van der Waals surface area contributed by atoms with Crippen molar-refractivity contribution >= 4 is 45.6 Å². The molecule has 1 aliphatic rings. The van der Waals surface area contributed by atoms with Gasteiger partial charge in [0.1, 0.15) is 5.76 Å². The van der Waals surface area contributed by atoms with Crippen LogP contribution in [0.2, 0.25) is 10.0 Å². The van der Waals surface area contributed by atoms with E-state index in [0.717, 1.165) is 29.9 Å². The molecule has 0 radical (unpaired) electrons. The molecule has 1 amide bonds. The second kappa shape index (κ2) is 10.1. The van der Waals surface area contributed by atoms with Crippen LogP contribution < -0.4 is 4.90 Å². The minimum atomic E-state index is -1.19. The first-order valence-electron chi connectivity index (χ1n) is 10.4. The molecule has 1 aromatic heterocycles. The van der Waals surface area contributed by atoms with Crippen LogP contribution in [0.15, 0.2) is 59.0 Å². The SMILES string of the molecule is Cc1ccc(Cl)cc1N1CCN(C(=O)c2ccc(CS(=O)Cc3ccccc3Cl)o2)CC1. The van der Waals surface area contributed by atoms with Crippen LogP contribution in [0.1, 0.15) is 27.4 Å². The predicted octanol–water partition coefficient (Wildman–Crippen LogP) is 5.31. The fourth-order valence-electron chi connectivity index (χ4n) is 3.80. The Morgan fingerprint density at radius 3 is 2.50 bits per heavy atom. The molecular formula is C24H24Cl2N2O3S. The number of hydrogen-bond acceptors (Lipinski definition) is 4. The molecule has 168 valence electrons. The van der Waals surface area contributed by atoms with Crippen molar-refractivity contribution in [2.24, 2.45) is 0 Å². The zero-order chi connectivity index (χ0) is 22.7. The van der Waals surface area contributed by atoms with Crippen molar-refractivity contribution in [2.75, 3.05) is 31.1 Å². The van der Waals surface area contributed by atoms with Gasteiger partial charge in [0.2, 0.25) is 0 Å². The number of rotatable bonds is 6. The number of aryl methyl sites for hydroxylation is 1. The predicted molar refractivity (Wildman–Crippen MR) is 130 cm³/mol. The van der Waals surface area contributed by atoms with Gasteiger partial charge in [0.05, 0.1) is 11.5 Å². The van der Waals surface area contributed by atoms with Crippen LogP contribution in [-0.4, -0.2) is 41.2 Å². The third kappa shape index (κ3) is 5.37. The Balaban J connectivity index is 1.33. The number of nitrogens with zero attached hydrogens (tertiary/aromatic N) is 2. The molecule has 0 aliphatic carbocycles. The lowest BCUT2D eigenvalue weighted by atomic mass is 10.1. The van der Waals surface area contributed by atoms with Crippen molar-refractivity contribution in [1.29, 1.82) is 0 Å². The lowest BCUT2D eigenvalue weighted by Crippen LogP contribution is -2.48. The van der Waals surface area contributed by atoms with E-state index in [2.05, 4.69) is 11.8 Å². The third-order valence-corrected chi connectivity index (χ3v) is 7.37. The fourth-order valence-corrected chi connectivity index (χ4v) is 5.42. The molecule has 1 unspecified atom stereocenters. The summed E-state index contributed by atoms with van der Waals surface area (Å²) in [6, 6.07) is 16.6. The van der Waals surface area contributed by atoms with E-state index in [9.17, 15) is 9.00 Å². The van der Waals surface area contributed by atoms with Gasteiger partial charge in [-0.25, -0.2) is 0 Å². The van der Waals surface area contributed by atoms with Gasteiger partial charge in [-0.15, -0.1) is 0 Å². The fraction of sp³-hybridized carbons (Fsp3) is 0.292. The Labute approximate surface area is 200 Å². The summed E-state index contributed by atoms with van der Waals surface area (Å²) in [6.07, 6.45) is 0. The van der Waals surface area contributed by atoms with Gasteiger partial charge >= 0.3 is 0 Å². The highest BCUT2D eigenvalue weighted by molar-refractivity contribution is 7.83. The average Bonchev–Trinajstić information content (AvgIpc) is 3.25. The van der Waals surface area contributed by atoms with Gasteiger partial charge in [0.15, 0.2) is 5.76 Å². The minimum Gasteiger partial charge on any atom is -0.455 e. The standard InChI is InChI=1S/C24H24Cl2N2O3S/c1-17-6-7-19(25)14-22(17)27-10-12-28(13-11-27)24(29)23-9-8-20(31-23)16-32(30)15-18-4-2-3-5-21(18)26/h2-9,14H,10-13,15-16H2,1H3. The van der Waals surface area contributed by atoms with Crippen molar-refractivity contribution < 1.29 is 13.4 Å². The summed E-state index contributed by atoms with van der Waals surface area (Å²) in [5.41, 5.74) is 3.10. The van der Waals surface area contributed by atoms with Gasteiger partial charge < -0.3 is 14.2 Å². The summed E-state index contributed by atoms with van der Waals surface area (Å²) in [4.78, 5) is 16.9. The number of carbonyl (C=O) groups excluding carboxylic acids is 1. The second-order valence-corrected chi connectivity index (χ2v) is 10.1. The van der Waals surface area contributed by atoms with Gasteiger partial charge in [-0.05, 0) is 48.4 Å². The number of furan rings is 1. The zero-order valence-corrected chi connectivity index (χ0v) is 20.1. The first-order chi connectivity index (χ1) is 15.4. The number of hydrogen-bond donors (Lipinski definition) is 0. The summed E-state index contributed by atoms with van der Waals surface area (Å²) >= 11 is 12.3. The maximum absolute atomic E-state index is 12.9. The Hall–Kier alpha value is -2.28. The topological polar surface area (TPSA) is 53.8 Å². The number of halogens is 2. The van der Waals surface area contributed by atoms with Gasteiger partial charge in [-0.2, -0.15) is 0 Å². The van der Waals surface area contributed by atoms with E-state index in [-0.39, 0.29) is 17.4 Å². The maximum atomic E-state index is 12.9. The molecule has 0 spiro atoms. The quantitative estimate of drug-likeness (QED) is 0.469. The summed E-state index contributed by atoms with van der Waals surface area (Å²) in [6.45, 7) is 4.70. The average molecular weight is 491 g/mol. The Morgan fingerprint density at radius 2 is 1.75 bits per heavy atom. The molecule has 0 N–H and O–H groups in total. The molecule has 0 bridgehead atoms. The van der Waals surface area contributed by atoms with Crippen LogP contribution in [0, 0.1) is 6.92 Å². The maximum Gasteiger partial charge on any atom is 0.289 e. The van der Waals surface area contributed by atoms with E-state index in [0.29, 0.717) is 34.6 Å². The zero-order valence-electron chi connectivity index (χ0n) is 17.7. The van der Waals surface area contributed by atoms with Crippen LogP contribution in [-0.2, 0) is 22.3 Å². The van der Waals surface area contributed by atoms with E-state index in [1.165, 1.54) is 0 Å². The summed E-state index contributed by atoms with van der Waals surface area (Å²) in [5.74, 6) is 1.25. The van der Waals surface area contributed by atoms with E-state index in [4.69, 9.17) is 27.6 Å². The minimum absolute atomic E-state index is 0.143. The number of amides is 1. The first kappa shape index (κ1) is 22.9. The van der Waals surface area contributed by atoms with Crippen molar-refractivity contribution in [1.82, 2.24) is 4.90 Å². The van der Waals surface area contributed by atoms with Crippen molar-refractivity contribution in [2.45, 2.75) is 18.4 Å². The highest BCUT2D eigenvalue weighted by Crippen LogP contribution is 2.26. The van der Waals surface area contributed by atoms with Crippen molar-refractivity contribution in [3.63, 3.8) is 0 Å². The monoisotopic (exact) mass is 490 g/mol. The van der Waals surface area contributed by atoms with Gasteiger partial charge in [0.25, 0.3) is 5.91 Å². The molecule has 32 heavy (non-hydrogen) atoms. The number of anilines is 1. The third-order valence-electron chi connectivity index (χ3n) is 5.53. The lowest BCUT2D eigenvalue weighted by Gasteiger charge is -2.36. The summed E-state index contributed by atoms with van der Waals surface area (Å²) in [5, 5.41) is 1.31. The second-order valence-electron chi connectivity index (χ2n) is 7.80. The highest BCUT2D eigenvalue weighted by atomic mass is 35.5. The molecule has 2 aromatic carbocycles. The van der Waals surface area contributed by atoms with E-state index in [1.807, 2.05) is 36.4 Å². The van der Waals surface area contributed by atoms with E-state index < -0.39 is 10.8 Å². The molecule has 5 nitrogen and oxygen atoms in total. The molecule has 1 saturated heterocycles. The van der Waals surface area contributed by atoms with Gasteiger partial charge in [-0.3, -0.25) is 9.00 Å². The van der Waals surface area contributed by atoms with Crippen LogP contribution in [0.5, 0.6) is 0 Å². The number of carbonyl (C=O) groups is 1. The van der Waals surface area contributed by atoms with Crippen molar-refractivity contribution in [3.05, 3.63) is 87.3 Å². The molecule has 1 atom stereocenters. The van der Waals surface area contributed by atoms with Crippen LogP contribution >= 0.6 is 23.2 Å². The smallest absolute Gasteiger partial charge is 0.289 e. The lowest BCUT2D eigenvalue weighted by molar-refractivity contribution is 0.0713. The Morgan fingerprint density at radius 1 is 1.00 bits per heavy atom. The van der Waals surface area contributed by atoms with E-state index in [1.54, 1.807) is 23.1 Å². The molecule has 3 aromatic rings. The number of piperazine rings is 1. The number of benzene rings is 2. The van der Waals surface area contributed by atoms with Gasteiger partial charge in [-0.1, -0.05) is 47.5 Å². The molecule has 2 heterocycles. The Kier molecular flexibility index (Phi) is 7.23. The first-order valence-corrected chi connectivity index (χ1v) is 12.6. The molecule has 4 rings (SSSR count). The van der Waals surface area contributed by atoms with Gasteiger partial charge in [0, 0.05) is 52.7 Å². The van der Waals surface area contributed by atoms with E-state index >= 15 is 0 Å². The molecule has 1 aliphatic heterocycles. The molecule has 1 fully saturated rings. The molecule has 8 heteroatoms. The summed E-state index contributed by atoms with van der Waals surface area (Å²) in [7, 11) is -1.19. The molecule has 0 saturated carbocycles. The molecular weight excluding hydrogens is 467 g/mol. The van der Waals surface area contributed by atoms with Crippen LogP contribution in [0.25, 0.3) is 0 Å².